The summed E-state index contributed by atoms with van der Waals surface area (Å²) in [6.07, 6.45) is 0. The Morgan fingerprint density at radius 1 is 1.12 bits per heavy atom. The Bertz CT molecular complexity index is 1010. The molecule has 6 nitrogen and oxygen atoms in total. The number of benzene rings is 2. The second-order valence-electron chi connectivity index (χ2n) is 5.30. The molecule has 0 spiro atoms. The number of amides is 1. The number of aromatic nitrogens is 1. The Kier molecular flexibility index (Phi) is 3.77. The summed E-state index contributed by atoms with van der Waals surface area (Å²) in [5, 5.41) is 4.14. The summed E-state index contributed by atoms with van der Waals surface area (Å²) in [6, 6.07) is 12.8. The second-order valence-corrected chi connectivity index (χ2v) is 6.33. The van der Waals surface area contributed by atoms with Gasteiger partial charge in [-0.15, -0.1) is 0 Å². The molecule has 0 saturated heterocycles. The highest BCUT2D eigenvalue weighted by atomic mass is 32.1. The van der Waals surface area contributed by atoms with E-state index in [2.05, 4.69) is 10.3 Å². The zero-order valence-electron chi connectivity index (χ0n) is 13.5. The number of fused-ring (bicyclic) bond motifs is 2. The minimum Gasteiger partial charge on any atom is -0.493 e. The first-order valence-electron chi connectivity index (χ1n) is 7.50. The van der Waals surface area contributed by atoms with Crippen molar-refractivity contribution in [3.8, 4) is 11.5 Å². The highest BCUT2D eigenvalue weighted by Crippen LogP contribution is 2.36. The van der Waals surface area contributed by atoms with Crippen molar-refractivity contribution in [3.05, 3.63) is 48.2 Å². The number of ether oxygens (including phenoxy) is 2. The topological polar surface area (TPSA) is 73.6 Å². The third-order valence-electron chi connectivity index (χ3n) is 3.76. The standard InChI is InChI=1S/C18H14N2O4S/c1-22-13-8-11-16(9-14(13)23-2)25-18(19-11)20-17(21)15-7-10-5-3-4-6-12(10)24-15/h3-9H,1-2H3,(H,19,20,21). The van der Waals surface area contributed by atoms with E-state index >= 15 is 0 Å². The molecule has 0 aliphatic heterocycles. The van der Waals surface area contributed by atoms with E-state index in [-0.39, 0.29) is 11.7 Å². The van der Waals surface area contributed by atoms with Gasteiger partial charge in [-0.05, 0) is 12.1 Å². The van der Waals surface area contributed by atoms with Crippen LogP contribution >= 0.6 is 11.3 Å². The van der Waals surface area contributed by atoms with E-state index < -0.39 is 0 Å². The number of thiazole rings is 1. The first kappa shape index (κ1) is 15.5. The van der Waals surface area contributed by atoms with E-state index in [0.717, 1.165) is 15.6 Å². The van der Waals surface area contributed by atoms with Gasteiger partial charge in [0.15, 0.2) is 22.4 Å². The second kappa shape index (κ2) is 6.10. The van der Waals surface area contributed by atoms with E-state index in [4.69, 9.17) is 13.9 Å². The van der Waals surface area contributed by atoms with Crippen LogP contribution in [0.4, 0.5) is 5.13 Å². The van der Waals surface area contributed by atoms with E-state index in [9.17, 15) is 4.79 Å². The number of hydrogen-bond acceptors (Lipinski definition) is 6. The average molecular weight is 354 g/mol. The van der Waals surface area contributed by atoms with Gasteiger partial charge in [-0.3, -0.25) is 10.1 Å². The lowest BCUT2D eigenvalue weighted by atomic mass is 10.2. The van der Waals surface area contributed by atoms with Gasteiger partial charge in [-0.1, -0.05) is 29.5 Å². The molecule has 0 aliphatic carbocycles. The van der Waals surface area contributed by atoms with Crippen LogP contribution in [0.15, 0.2) is 46.9 Å². The van der Waals surface area contributed by atoms with E-state index in [1.165, 1.54) is 11.3 Å². The van der Waals surface area contributed by atoms with Crippen molar-refractivity contribution >= 4 is 43.6 Å². The van der Waals surface area contributed by atoms with Gasteiger partial charge >= 0.3 is 0 Å². The smallest absolute Gasteiger partial charge is 0.293 e. The van der Waals surface area contributed by atoms with Crippen molar-refractivity contribution < 1.29 is 18.7 Å². The van der Waals surface area contributed by atoms with Crippen LogP contribution in [0.1, 0.15) is 10.6 Å². The normalized spacial score (nSPS) is 11.0. The number of rotatable bonds is 4. The molecule has 0 atom stereocenters. The van der Waals surface area contributed by atoms with Gasteiger partial charge in [0.25, 0.3) is 5.91 Å². The van der Waals surface area contributed by atoms with Crippen molar-refractivity contribution in [2.45, 2.75) is 0 Å². The summed E-state index contributed by atoms with van der Waals surface area (Å²) in [4.78, 5) is 16.8. The molecule has 0 fully saturated rings. The van der Waals surface area contributed by atoms with Gasteiger partial charge in [0.2, 0.25) is 0 Å². The first-order valence-corrected chi connectivity index (χ1v) is 8.32. The largest absolute Gasteiger partial charge is 0.493 e. The summed E-state index contributed by atoms with van der Waals surface area (Å²) < 4.78 is 17.0. The Labute approximate surface area is 147 Å². The Hall–Kier alpha value is -3.06. The van der Waals surface area contributed by atoms with E-state index in [0.29, 0.717) is 22.2 Å². The monoisotopic (exact) mass is 354 g/mol. The van der Waals surface area contributed by atoms with Crippen molar-refractivity contribution in [2.24, 2.45) is 0 Å². The first-order chi connectivity index (χ1) is 12.2. The molecule has 0 saturated carbocycles. The Morgan fingerprint density at radius 2 is 1.88 bits per heavy atom. The minimum absolute atomic E-state index is 0.246. The van der Waals surface area contributed by atoms with Gasteiger partial charge in [-0.2, -0.15) is 0 Å². The average Bonchev–Trinajstić information content (AvgIpc) is 3.23. The van der Waals surface area contributed by atoms with Crippen molar-refractivity contribution in [1.29, 1.82) is 0 Å². The third kappa shape index (κ3) is 2.78. The van der Waals surface area contributed by atoms with Crippen LogP contribution < -0.4 is 14.8 Å². The number of nitrogens with one attached hydrogen (secondary N) is 1. The Morgan fingerprint density at radius 3 is 2.64 bits per heavy atom. The lowest BCUT2D eigenvalue weighted by Gasteiger charge is -2.05. The maximum atomic E-state index is 12.4. The van der Waals surface area contributed by atoms with Gasteiger partial charge in [-0.25, -0.2) is 4.98 Å². The Balaban J connectivity index is 1.64. The van der Waals surface area contributed by atoms with Crippen LogP contribution in [-0.2, 0) is 0 Å². The van der Waals surface area contributed by atoms with Gasteiger partial charge in [0.05, 0.1) is 24.4 Å². The van der Waals surface area contributed by atoms with Gasteiger partial charge in [0.1, 0.15) is 5.58 Å². The van der Waals surface area contributed by atoms with E-state index in [1.54, 1.807) is 26.4 Å². The quantitative estimate of drug-likeness (QED) is 0.591. The predicted octanol–water partition coefficient (Wildman–Crippen LogP) is 4.31. The van der Waals surface area contributed by atoms with Crippen LogP contribution in [0.25, 0.3) is 21.2 Å². The van der Waals surface area contributed by atoms with Crippen LogP contribution in [0.5, 0.6) is 11.5 Å². The minimum atomic E-state index is -0.339. The zero-order valence-corrected chi connectivity index (χ0v) is 14.3. The molecule has 2 heterocycles. The predicted molar refractivity (Wildman–Crippen MR) is 96.9 cm³/mol. The number of hydrogen-bond donors (Lipinski definition) is 1. The van der Waals surface area contributed by atoms with Gasteiger partial charge in [0, 0.05) is 17.5 Å². The summed E-state index contributed by atoms with van der Waals surface area (Å²) in [7, 11) is 3.15. The van der Waals surface area contributed by atoms with Gasteiger partial charge < -0.3 is 13.9 Å². The van der Waals surface area contributed by atoms with E-state index in [1.807, 2.05) is 30.3 Å². The van der Waals surface area contributed by atoms with Crippen LogP contribution in [0.3, 0.4) is 0 Å². The number of para-hydroxylation sites is 1. The highest BCUT2D eigenvalue weighted by Gasteiger charge is 2.16. The molecule has 1 amide bonds. The number of furan rings is 1. The molecule has 126 valence electrons. The third-order valence-corrected chi connectivity index (χ3v) is 4.70. The fourth-order valence-corrected chi connectivity index (χ4v) is 3.43. The van der Waals surface area contributed by atoms with Crippen molar-refractivity contribution in [2.75, 3.05) is 19.5 Å². The molecule has 7 heteroatoms. The fourth-order valence-electron chi connectivity index (χ4n) is 2.56. The van der Waals surface area contributed by atoms with Crippen LogP contribution in [0, 0.1) is 0 Å². The SMILES string of the molecule is COc1cc2nc(NC(=O)c3cc4ccccc4o3)sc2cc1OC. The molecule has 1 N–H and O–H groups in total. The molecule has 0 radical (unpaired) electrons. The molecule has 2 aromatic heterocycles. The lowest BCUT2D eigenvalue weighted by molar-refractivity contribution is 0.0998. The van der Waals surface area contributed by atoms with Crippen LogP contribution in [0.2, 0.25) is 0 Å². The summed E-state index contributed by atoms with van der Waals surface area (Å²) >= 11 is 1.36. The summed E-state index contributed by atoms with van der Waals surface area (Å²) in [5.74, 6) is 1.12. The molecule has 0 unspecified atom stereocenters. The molecular formula is C18H14N2O4S. The zero-order chi connectivity index (χ0) is 17.4. The number of nitrogens with zero attached hydrogens (tertiary/aromatic N) is 1. The number of methoxy groups -OCH3 is 2. The van der Waals surface area contributed by atoms with Crippen molar-refractivity contribution in [1.82, 2.24) is 4.98 Å². The summed E-state index contributed by atoms with van der Waals surface area (Å²) in [5.41, 5.74) is 1.40. The molecular weight excluding hydrogens is 340 g/mol. The summed E-state index contributed by atoms with van der Waals surface area (Å²) in [6.45, 7) is 0. The molecule has 0 bridgehead atoms. The number of carbonyl (C=O) groups is 1. The molecule has 25 heavy (non-hydrogen) atoms. The fraction of sp³-hybridized carbons (Fsp3) is 0.111. The molecule has 4 aromatic rings. The maximum absolute atomic E-state index is 12.4. The number of anilines is 1. The molecule has 4 rings (SSSR count). The van der Waals surface area contributed by atoms with Crippen molar-refractivity contribution in [3.63, 3.8) is 0 Å². The molecule has 2 aromatic carbocycles. The lowest BCUT2D eigenvalue weighted by Crippen LogP contribution is -2.10. The molecule has 0 aliphatic rings. The van der Waals surface area contributed by atoms with Crippen LogP contribution in [-0.4, -0.2) is 25.1 Å². The number of carbonyl (C=O) groups excluding carboxylic acids is 1. The highest BCUT2D eigenvalue weighted by molar-refractivity contribution is 7.22. The maximum Gasteiger partial charge on any atom is 0.293 e.